The Morgan fingerprint density at radius 2 is 1.89 bits per heavy atom. The second-order valence-electron chi connectivity index (χ2n) is 6.93. The van der Waals surface area contributed by atoms with Gasteiger partial charge < -0.3 is 10.2 Å². The van der Waals surface area contributed by atoms with Crippen LogP contribution < -0.4 is 5.32 Å². The summed E-state index contributed by atoms with van der Waals surface area (Å²) >= 11 is 0. The fourth-order valence-electron chi connectivity index (χ4n) is 3.23. The number of hydrogen-bond acceptors (Lipinski definition) is 2. The molecule has 2 aromatic carbocycles. The van der Waals surface area contributed by atoms with Crippen LogP contribution in [0.2, 0.25) is 0 Å². The number of carbonyl (C=O) groups is 2. The number of halogens is 3. The Morgan fingerprint density at radius 1 is 1.18 bits per heavy atom. The second kappa shape index (κ2) is 8.04. The molecule has 7 heteroatoms. The summed E-state index contributed by atoms with van der Waals surface area (Å²) in [6, 6.07) is 11.3. The molecular formula is C21H21F3N2O2. The van der Waals surface area contributed by atoms with Crippen molar-refractivity contribution in [1.29, 1.82) is 0 Å². The van der Waals surface area contributed by atoms with Gasteiger partial charge in [0.1, 0.15) is 0 Å². The van der Waals surface area contributed by atoms with Crippen molar-refractivity contribution in [3.05, 3.63) is 70.8 Å². The van der Waals surface area contributed by atoms with Crippen LogP contribution in [-0.4, -0.2) is 23.3 Å². The molecule has 148 valence electrons. The zero-order valence-electron chi connectivity index (χ0n) is 15.4. The van der Waals surface area contributed by atoms with Gasteiger partial charge in [0.2, 0.25) is 5.91 Å². The lowest BCUT2D eigenvalue weighted by Crippen LogP contribution is -2.27. The monoisotopic (exact) mass is 390 g/mol. The maximum Gasteiger partial charge on any atom is 0.416 e. The molecular weight excluding hydrogens is 369 g/mol. The van der Waals surface area contributed by atoms with E-state index in [2.05, 4.69) is 5.32 Å². The van der Waals surface area contributed by atoms with E-state index in [9.17, 15) is 22.8 Å². The normalized spacial score (nSPS) is 15.6. The van der Waals surface area contributed by atoms with E-state index in [1.807, 2.05) is 6.07 Å². The van der Waals surface area contributed by atoms with Gasteiger partial charge in [-0.3, -0.25) is 9.59 Å². The quantitative estimate of drug-likeness (QED) is 0.827. The largest absolute Gasteiger partial charge is 0.416 e. The van der Waals surface area contributed by atoms with E-state index >= 15 is 0 Å². The topological polar surface area (TPSA) is 49.4 Å². The maximum atomic E-state index is 12.7. The molecule has 0 saturated carbocycles. The van der Waals surface area contributed by atoms with Crippen molar-refractivity contribution in [3.63, 3.8) is 0 Å². The van der Waals surface area contributed by atoms with Crippen LogP contribution in [0.5, 0.6) is 0 Å². The summed E-state index contributed by atoms with van der Waals surface area (Å²) in [6.07, 6.45) is -2.98. The third kappa shape index (κ3) is 4.71. The summed E-state index contributed by atoms with van der Waals surface area (Å²) in [4.78, 5) is 26.1. The number of amides is 2. The van der Waals surface area contributed by atoms with E-state index in [-0.39, 0.29) is 11.8 Å². The van der Waals surface area contributed by atoms with Crippen molar-refractivity contribution in [2.24, 2.45) is 0 Å². The minimum absolute atomic E-state index is 0.116. The molecule has 1 aliphatic rings. The van der Waals surface area contributed by atoms with Crippen LogP contribution in [0.15, 0.2) is 48.5 Å². The van der Waals surface area contributed by atoms with Crippen LogP contribution in [0.4, 0.5) is 13.2 Å². The predicted octanol–water partition coefficient (Wildman–Crippen LogP) is 4.32. The fourth-order valence-corrected chi connectivity index (χ4v) is 3.23. The Bertz CT molecular complexity index is 863. The van der Waals surface area contributed by atoms with Crippen LogP contribution in [0.1, 0.15) is 52.9 Å². The molecule has 28 heavy (non-hydrogen) atoms. The van der Waals surface area contributed by atoms with Gasteiger partial charge in [0.05, 0.1) is 11.6 Å². The summed E-state index contributed by atoms with van der Waals surface area (Å²) < 4.78 is 38.0. The summed E-state index contributed by atoms with van der Waals surface area (Å²) in [6.45, 7) is 2.90. The third-order valence-corrected chi connectivity index (χ3v) is 4.82. The Balaban J connectivity index is 1.65. The number of nitrogens with one attached hydrogen (secondary N) is 1. The lowest BCUT2D eigenvalue weighted by Gasteiger charge is -2.17. The van der Waals surface area contributed by atoms with Gasteiger partial charge >= 0.3 is 6.18 Å². The highest BCUT2D eigenvalue weighted by molar-refractivity contribution is 5.94. The minimum atomic E-state index is -4.39. The van der Waals surface area contributed by atoms with Crippen LogP contribution in [0.3, 0.4) is 0 Å². The number of hydrogen-bond donors (Lipinski definition) is 1. The fraction of sp³-hybridized carbons (Fsp3) is 0.333. The highest BCUT2D eigenvalue weighted by atomic mass is 19.4. The second-order valence-corrected chi connectivity index (χ2v) is 6.93. The van der Waals surface area contributed by atoms with Crippen molar-refractivity contribution in [1.82, 2.24) is 10.2 Å². The van der Waals surface area contributed by atoms with E-state index in [1.54, 1.807) is 30.0 Å². The minimum Gasteiger partial charge on any atom is -0.346 e. The van der Waals surface area contributed by atoms with E-state index in [4.69, 9.17) is 0 Å². The molecule has 1 N–H and O–H groups in total. The lowest BCUT2D eigenvalue weighted by molar-refractivity contribution is -0.137. The molecule has 1 atom stereocenters. The highest BCUT2D eigenvalue weighted by Gasteiger charge is 2.30. The lowest BCUT2D eigenvalue weighted by atomic mass is 10.0. The molecule has 3 rings (SSSR count). The van der Waals surface area contributed by atoms with Gasteiger partial charge in [-0.2, -0.15) is 13.2 Å². The Hall–Kier alpha value is -2.83. The van der Waals surface area contributed by atoms with Gasteiger partial charge in [-0.25, -0.2) is 0 Å². The molecule has 2 aromatic rings. The van der Waals surface area contributed by atoms with Crippen molar-refractivity contribution in [3.8, 4) is 0 Å². The maximum absolute atomic E-state index is 12.7. The summed E-state index contributed by atoms with van der Waals surface area (Å²) in [7, 11) is 0. The molecule has 0 aliphatic carbocycles. The predicted molar refractivity (Wildman–Crippen MR) is 98.4 cm³/mol. The molecule has 0 aromatic heterocycles. The molecule has 1 unspecified atom stereocenters. The first kappa shape index (κ1) is 19.9. The third-order valence-electron chi connectivity index (χ3n) is 4.82. The van der Waals surface area contributed by atoms with Gasteiger partial charge in [0.25, 0.3) is 5.91 Å². The molecule has 4 nitrogen and oxygen atoms in total. The van der Waals surface area contributed by atoms with E-state index in [0.29, 0.717) is 24.1 Å². The van der Waals surface area contributed by atoms with E-state index in [1.165, 1.54) is 12.1 Å². The average molecular weight is 390 g/mol. The molecule has 0 radical (unpaired) electrons. The summed E-state index contributed by atoms with van der Waals surface area (Å²) in [5.41, 5.74) is 1.17. The molecule has 1 saturated heterocycles. The summed E-state index contributed by atoms with van der Waals surface area (Å²) in [5, 5.41) is 2.80. The number of likely N-dealkylation sites (tertiary alicyclic amines) is 1. The van der Waals surface area contributed by atoms with Crippen molar-refractivity contribution in [2.75, 3.05) is 6.54 Å². The van der Waals surface area contributed by atoms with Gasteiger partial charge in [-0.05, 0) is 48.7 Å². The first-order valence-electron chi connectivity index (χ1n) is 9.09. The molecule has 0 spiro atoms. The van der Waals surface area contributed by atoms with Crippen molar-refractivity contribution >= 4 is 11.8 Å². The SMILES string of the molecule is CC(NC(=O)c1cccc(CN2CCCC2=O)c1)c1ccc(C(F)(F)F)cc1. The van der Waals surface area contributed by atoms with Crippen LogP contribution >= 0.6 is 0 Å². The molecule has 2 amide bonds. The van der Waals surface area contributed by atoms with Crippen molar-refractivity contribution in [2.45, 2.75) is 38.5 Å². The van der Waals surface area contributed by atoms with E-state index < -0.39 is 17.8 Å². The Morgan fingerprint density at radius 3 is 2.50 bits per heavy atom. The van der Waals surface area contributed by atoms with Gasteiger partial charge in [0, 0.05) is 25.1 Å². The number of rotatable bonds is 5. The Labute approximate surface area is 161 Å². The van der Waals surface area contributed by atoms with Gasteiger partial charge in [-0.1, -0.05) is 24.3 Å². The zero-order chi connectivity index (χ0) is 20.3. The average Bonchev–Trinajstić information content (AvgIpc) is 3.06. The molecule has 1 heterocycles. The number of carbonyl (C=O) groups excluding carboxylic acids is 2. The molecule has 1 aliphatic heterocycles. The standard InChI is InChI=1S/C21H21F3N2O2/c1-14(16-7-9-18(10-8-16)21(22,23)24)25-20(28)17-5-2-4-15(12-17)13-26-11-3-6-19(26)27/h2,4-5,7-10,12,14H,3,6,11,13H2,1H3,(H,25,28). The van der Waals surface area contributed by atoms with Crippen LogP contribution in [0, 0.1) is 0 Å². The highest BCUT2D eigenvalue weighted by Crippen LogP contribution is 2.30. The molecule has 0 bridgehead atoms. The molecule has 1 fully saturated rings. The van der Waals surface area contributed by atoms with Crippen LogP contribution in [-0.2, 0) is 17.5 Å². The van der Waals surface area contributed by atoms with Crippen molar-refractivity contribution < 1.29 is 22.8 Å². The van der Waals surface area contributed by atoms with E-state index in [0.717, 1.165) is 30.7 Å². The smallest absolute Gasteiger partial charge is 0.346 e. The number of nitrogens with zero attached hydrogens (tertiary/aromatic N) is 1. The number of alkyl halides is 3. The number of benzene rings is 2. The van der Waals surface area contributed by atoms with Gasteiger partial charge in [-0.15, -0.1) is 0 Å². The first-order chi connectivity index (χ1) is 13.2. The first-order valence-corrected chi connectivity index (χ1v) is 9.09. The zero-order valence-corrected chi connectivity index (χ0v) is 15.4. The van der Waals surface area contributed by atoms with Crippen LogP contribution in [0.25, 0.3) is 0 Å². The Kier molecular flexibility index (Phi) is 5.72. The summed E-state index contributed by atoms with van der Waals surface area (Å²) in [5.74, 6) is -0.201. The van der Waals surface area contributed by atoms with Gasteiger partial charge in [0.15, 0.2) is 0 Å².